The van der Waals surface area contributed by atoms with E-state index in [-0.39, 0.29) is 11.4 Å². The van der Waals surface area contributed by atoms with Gasteiger partial charge in [-0.15, -0.1) is 0 Å². The van der Waals surface area contributed by atoms with Crippen LogP contribution in [0.3, 0.4) is 0 Å². The third kappa shape index (κ3) is 9.37. The number of amides is 1. The highest BCUT2D eigenvalue weighted by molar-refractivity contribution is 6.29. The Hall–Kier alpha value is -0.540. The Morgan fingerprint density at radius 3 is 2.31 bits per heavy atom. The van der Waals surface area contributed by atoms with Crippen molar-refractivity contribution in [3.63, 3.8) is 0 Å². The average Bonchev–Trinajstić information content (AvgIpc) is 1.95. The molecular weight excluding hydrogens is 188 g/mol. The van der Waals surface area contributed by atoms with Crippen molar-refractivity contribution in [1.82, 2.24) is 10.6 Å². The summed E-state index contributed by atoms with van der Waals surface area (Å²) in [5, 5.41) is 6.12. The molecule has 76 valence electrons. The normalized spacial score (nSPS) is 11.1. The van der Waals surface area contributed by atoms with Gasteiger partial charge >= 0.3 is 0 Å². The van der Waals surface area contributed by atoms with E-state index in [1.165, 1.54) is 0 Å². The highest BCUT2D eigenvalue weighted by Crippen LogP contribution is 1.97. The molecule has 4 heteroatoms. The van der Waals surface area contributed by atoms with Gasteiger partial charge in [-0.25, -0.2) is 0 Å². The molecule has 0 aliphatic heterocycles. The molecule has 2 N–H and O–H groups in total. The molecule has 13 heavy (non-hydrogen) atoms. The molecule has 0 aromatic rings. The first-order valence-corrected chi connectivity index (χ1v) is 4.54. The fourth-order valence-corrected chi connectivity index (χ4v) is 0.669. The Bertz CT molecular complexity index is 196. The van der Waals surface area contributed by atoms with Gasteiger partial charge in [-0.05, 0) is 20.8 Å². The molecule has 0 heterocycles. The Morgan fingerprint density at radius 1 is 1.38 bits per heavy atom. The van der Waals surface area contributed by atoms with Gasteiger partial charge in [0.1, 0.15) is 0 Å². The van der Waals surface area contributed by atoms with Crippen LogP contribution in [0.4, 0.5) is 0 Å². The highest BCUT2D eigenvalue weighted by Gasteiger charge is 2.10. The van der Waals surface area contributed by atoms with Crippen molar-refractivity contribution < 1.29 is 4.79 Å². The van der Waals surface area contributed by atoms with E-state index in [2.05, 4.69) is 17.2 Å². The Morgan fingerprint density at radius 2 is 1.92 bits per heavy atom. The molecule has 0 aromatic carbocycles. The lowest BCUT2D eigenvalue weighted by Crippen LogP contribution is -2.43. The van der Waals surface area contributed by atoms with Crippen LogP contribution >= 0.6 is 11.6 Å². The lowest BCUT2D eigenvalue weighted by molar-refractivity contribution is -0.120. The van der Waals surface area contributed by atoms with Crippen molar-refractivity contribution in [3.05, 3.63) is 11.6 Å². The number of hydrogen-bond donors (Lipinski definition) is 2. The third-order valence-corrected chi connectivity index (χ3v) is 1.39. The SMILES string of the molecule is C=C(Cl)CNC(=O)CNC(C)(C)C. The lowest BCUT2D eigenvalue weighted by Gasteiger charge is -2.19. The second-order valence-electron chi connectivity index (χ2n) is 3.90. The van der Waals surface area contributed by atoms with E-state index >= 15 is 0 Å². The van der Waals surface area contributed by atoms with Crippen LogP contribution in [0.25, 0.3) is 0 Å². The lowest BCUT2D eigenvalue weighted by atomic mass is 10.1. The molecule has 0 saturated carbocycles. The molecule has 0 rings (SSSR count). The van der Waals surface area contributed by atoms with Gasteiger partial charge in [-0.1, -0.05) is 18.2 Å². The van der Waals surface area contributed by atoms with Gasteiger partial charge in [0, 0.05) is 10.6 Å². The third-order valence-electron chi connectivity index (χ3n) is 1.26. The van der Waals surface area contributed by atoms with Crippen LogP contribution in [0.5, 0.6) is 0 Å². The van der Waals surface area contributed by atoms with E-state index in [1.54, 1.807) is 0 Å². The zero-order chi connectivity index (χ0) is 10.5. The largest absolute Gasteiger partial charge is 0.350 e. The first kappa shape index (κ1) is 12.5. The standard InChI is InChI=1S/C9H17ClN2O/c1-7(10)5-11-8(13)6-12-9(2,3)4/h12H,1,5-6H2,2-4H3,(H,11,13). The predicted molar refractivity (Wildman–Crippen MR) is 55.8 cm³/mol. The number of carbonyl (C=O) groups is 1. The molecule has 3 nitrogen and oxygen atoms in total. The Labute approximate surface area is 84.5 Å². The second-order valence-corrected chi connectivity index (χ2v) is 4.43. The summed E-state index contributed by atoms with van der Waals surface area (Å²) in [5.41, 5.74) is -0.0463. The molecule has 0 aliphatic rings. The van der Waals surface area contributed by atoms with E-state index in [9.17, 15) is 4.79 Å². The fourth-order valence-electron chi connectivity index (χ4n) is 0.602. The Kier molecular flexibility index (Phi) is 5.03. The van der Waals surface area contributed by atoms with Crippen LogP contribution in [0.1, 0.15) is 20.8 Å². The van der Waals surface area contributed by atoms with Crippen molar-refractivity contribution in [2.75, 3.05) is 13.1 Å². The molecule has 0 aromatic heterocycles. The van der Waals surface area contributed by atoms with Gasteiger partial charge in [-0.2, -0.15) is 0 Å². The molecule has 0 unspecified atom stereocenters. The van der Waals surface area contributed by atoms with E-state index in [4.69, 9.17) is 11.6 Å². The van der Waals surface area contributed by atoms with Gasteiger partial charge in [0.05, 0.1) is 13.1 Å². The van der Waals surface area contributed by atoms with Crippen LogP contribution in [-0.4, -0.2) is 24.5 Å². The topological polar surface area (TPSA) is 41.1 Å². The molecular formula is C9H17ClN2O. The van der Waals surface area contributed by atoms with Gasteiger partial charge in [0.25, 0.3) is 0 Å². The van der Waals surface area contributed by atoms with Crippen molar-refractivity contribution in [3.8, 4) is 0 Å². The number of hydrogen-bond acceptors (Lipinski definition) is 2. The summed E-state index contributed by atoms with van der Waals surface area (Å²) in [6, 6.07) is 0. The first-order valence-electron chi connectivity index (χ1n) is 4.16. The van der Waals surface area contributed by atoms with E-state index in [0.29, 0.717) is 18.1 Å². The minimum absolute atomic E-state index is 0.0463. The highest BCUT2D eigenvalue weighted by atomic mass is 35.5. The summed E-state index contributed by atoms with van der Waals surface area (Å²) in [4.78, 5) is 11.1. The monoisotopic (exact) mass is 204 g/mol. The molecule has 1 amide bonds. The fraction of sp³-hybridized carbons (Fsp3) is 0.667. The minimum atomic E-state index is -0.0725. The maximum absolute atomic E-state index is 11.1. The van der Waals surface area contributed by atoms with E-state index < -0.39 is 0 Å². The zero-order valence-electron chi connectivity index (χ0n) is 8.41. The van der Waals surface area contributed by atoms with Crippen LogP contribution in [-0.2, 0) is 4.79 Å². The zero-order valence-corrected chi connectivity index (χ0v) is 9.16. The van der Waals surface area contributed by atoms with Crippen LogP contribution < -0.4 is 10.6 Å². The van der Waals surface area contributed by atoms with Crippen molar-refractivity contribution in [2.45, 2.75) is 26.3 Å². The average molecular weight is 205 g/mol. The van der Waals surface area contributed by atoms with Crippen molar-refractivity contribution in [1.29, 1.82) is 0 Å². The van der Waals surface area contributed by atoms with E-state index in [0.717, 1.165) is 0 Å². The minimum Gasteiger partial charge on any atom is -0.350 e. The van der Waals surface area contributed by atoms with Gasteiger partial charge in [0.15, 0.2) is 0 Å². The van der Waals surface area contributed by atoms with E-state index in [1.807, 2.05) is 20.8 Å². The van der Waals surface area contributed by atoms with Crippen LogP contribution in [0, 0.1) is 0 Å². The summed E-state index contributed by atoms with van der Waals surface area (Å²) in [6.07, 6.45) is 0. The molecule has 0 bridgehead atoms. The molecule has 0 spiro atoms. The molecule has 0 fully saturated rings. The molecule has 0 aliphatic carbocycles. The summed E-state index contributed by atoms with van der Waals surface area (Å²) in [7, 11) is 0. The number of rotatable bonds is 4. The molecule has 0 atom stereocenters. The quantitative estimate of drug-likeness (QED) is 0.724. The second kappa shape index (κ2) is 5.25. The number of nitrogens with one attached hydrogen (secondary N) is 2. The number of halogens is 1. The van der Waals surface area contributed by atoms with Gasteiger partial charge in [0.2, 0.25) is 5.91 Å². The van der Waals surface area contributed by atoms with Crippen molar-refractivity contribution in [2.24, 2.45) is 0 Å². The maximum Gasteiger partial charge on any atom is 0.234 e. The van der Waals surface area contributed by atoms with Gasteiger partial charge in [-0.3, -0.25) is 4.79 Å². The predicted octanol–water partition coefficient (Wildman–Crippen LogP) is 1.24. The first-order chi connectivity index (χ1) is 5.81. The summed E-state index contributed by atoms with van der Waals surface area (Å²) in [6.45, 7) is 10.1. The summed E-state index contributed by atoms with van der Waals surface area (Å²) in [5.74, 6) is -0.0725. The number of carbonyl (C=O) groups excluding carboxylic acids is 1. The summed E-state index contributed by atoms with van der Waals surface area (Å²) < 4.78 is 0. The smallest absolute Gasteiger partial charge is 0.234 e. The Balaban J connectivity index is 3.58. The molecule has 0 saturated heterocycles. The van der Waals surface area contributed by atoms with Crippen molar-refractivity contribution >= 4 is 17.5 Å². The summed E-state index contributed by atoms with van der Waals surface area (Å²) >= 11 is 5.48. The van der Waals surface area contributed by atoms with Gasteiger partial charge < -0.3 is 10.6 Å². The van der Waals surface area contributed by atoms with Crippen LogP contribution in [0.2, 0.25) is 0 Å². The van der Waals surface area contributed by atoms with Crippen LogP contribution in [0.15, 0.2) is 11.6 Å². The molecule has 0 radical (unpaired) electrons. The maximum atomic E-state index is 11.1.